The number of aromatic amines is 1. The predicted octanol–water partition coefficient (Wildman–Crippen LogP) is 10.3. The van der Waals surface area contributed by atoms with Crippen molar-refractivity contribution in [1.29, 1.82) is 0 Å². The summed E-state index contributed by atoms with van der Waals surface area (Å²) >= 11 is 0. The van der Waals surface area contributed by atoms with E-state index >= 15 is 0 Å². The van der Waals surface area contributed by atoms with Crippen molar-refractivity contribution in [3.63, 3.8) is 0 Å². The first-order chi connectivity index (χ1) is 24.8. The number of rotatable bonds is 9. The Balaban J connectivity index is 1.50. The number of benzene rings is 6. The minimum Gasteiger partial charge on any atom is -0.495 e. The van der Waals surface area contributed by atoms with Gasteiger partial charge in [0.05, 0.1) is 48.4 Å². The van der Waals surface area contributed by atoms with Crippen molar-refractivity contribution in [1.82, 2.24) is 9.97 Å². The molecular formula is C44H36N4O2. The number of ether oxygens (including phenoxy) is 2. The maximum absolute atomic E-state index is 6.08. The van der Waals surface area contributed by atoms with Crippen molar-refractivity contribution in [3.8, 4) is 34.0 Å². The summed E-state index contributed by atoms with van der Waals surface area (Å²) in [4.78, 5) is 14.1. The largest absolute Gasteiger partial charge is 0.495 e. The van der Waals surface area contributed by atoms with E-state index in [4.69, 9.17) is 14.5 Å². The normalized spacial score (nSPS) is 13.2. The molecule has 0 fully saturated rings. The van der Waals surface area contributed by atoms with Crippen LogP contribution >= 0.6 is 0 Å². The van der Waals surface area contributed by atoms with E-state index in [2.05, 4.69) is 148 Å². The molecule has 0 radical (unpaired) electrons. The van der Waals surface area contributed by atoms with Crippen LogP contribution < -0.4 is 19.3 Å². The van der Waals surface area contributed by atoms with E-state index < -0.39 is 6.17 Å². The van der Waals surface area contributed by atoms with Crippen molar-refractivity contribution in [2.75, 3.05) is 24.0 Å². The summed E-state index contributed by atoms with van der Waals surface area (Å²) in [6.07, 6.45) is -0.493. The lowest BCUT2D eigenvalue weighted by Crippen LogP contribution is -2.34. The van der Waals surface area contributed by atoms with Crippen LogP contribution in [0.15, 0.2) is 170 Å². The second-order valence-corrected chi connectivity index (χ2v) is 12.0. The zero-order valence-electron chi connectivity index (χ0n) is 27.9. The van der Waals surface area contributed by atoms with Gasteiger partial charge in [-0.05, 0) is 24.3 Å². The fourth-order valence-corrected chi connectivity index (χ4v) is 6.87. The van der Waals surface area contributed by atoms with Gasteiger partial charge in [-0.1, -0.05) is 146 Å². The maximum Gasteiger partial charge on any atom is 0.170 e. The van der Waals surface area contributed by atoms with E-state index in [0.29, 0.717) is 0 Å². The van der Waals surface area contributed by atoms with Gasteiger partial charge in [-0.25, -0.2) is 4.98 Å². The van der Waals surface area contributed by atoms with Gasteiger partial charge >= 0.3 is 0 Å². The van der Waals surface area contributed by atoms with Gasteiger partial charge in [0, 0.05) is 22.3 Å². The Morgan fingerprint density at radius 2 is 0.840 bits per heavy atom. The molecule has 8 rings (SSSR count). The standard InChI is InChI=1S/C44H36N4O2/c1-49-37-29-17-15-27-35(37)47-41(33-23-11-5-12-24-33)42(34-25-13-6-14-26-34)48(36-28-16-18-30-38(36)50-2)44(47)43-45-39(31-19-7-3-8-20-31)40(46-43)32-21-9-4-10-22-32/h3-30,44H,1-2H3,(H,45,46). The Morgan fingerprint density at radius 1 is 0.460 bits per heavy atom. The average molecular weight is 653 g/mol. The van der Waals surface area contributed by atoms with Gasteiger partial charge in [0.25, 0.3) is 0 Å². The molecular weight excluding hydrogens is 617 g/mol. The highest BCUT2D eigenvalue weighted by atomic mass is 16.5. The smallest absolute Gasteiger partial charge is 0.170 e. The number of hydrogen-bond acceptors (Lipinski definition) is 5. The number of para-hydroxylation sites is 4. The molecule has 50 heavy (non-hydrogen) atoms. The van der Waals surface area contributed by atoms with Crippen LogP contribution in [0.2, 0.25) is 0 Å². The fourth-order valence-electron chi connectivity index (χ4n) is 6.87. The van der Waals surface area contributed by atoms with Crippen molar-refractivity contribution in [2.45, 2.75) is 6.17 Å². The van der Waals surface area contributed by atoms with E-state index in [-0.39, 0.29) is 0 Å². The molecule has 1 aromatic heterocycles. The molecule has 6 aromatic carbocycles. The van der Waals surface area contributed by atoms with E-state index in [1.165, 1.54) is 0 Å². The Bertz CT molecular complexity index is 2090. The van der Waals surface area contributed by atoms with Gasteiger partial charge in [0.15, 0.2) is 12.0 Å². The molecule has 244 valence electrons. The number of imidazole rings is 1. The third-order valence-corrected chi connectivity index (χ3v) is 9.06. The van der Waals surface area contributed by atoms with Crippen LogP contribution in [0.4, 0.5) is 11.4 Å². The lowest BCUT2D eigenvalue weighted by atomic mass is 10.0. The van der Waals surface area contributed by atoms with E-state index in [0.717, 1.165) is 73.7 Å². The van der Waals surface area contributed by atoms with Crippen molar-refractivity contribution in [2.24, 2.45) is 0 Å². The lowest BCUT2D eigenvalue weighted by molar-refractivity contribution is 0.412. The van der Waals surface area contributed by atoms with E-state index in [1.54, 1.807) is 14.2 Å². The van der Waals surface area contributed by atoms with Gasteiger partial charge in [-0.15, -0.1) is 0 Å². The first-order valence-electron chi connectivity index (χ1n) is 16.7. The zero-order chi connectivity index (χ0) is 33.9. The Hall–Kier alpha value is -6.53. The molecule has 0 unspecified atom stereocenters. The number of aromatic nitrogens is 2. The highest BCUT2D eigenvalue weighted by Crippen LogP contribution is 2.55. The summed E-state index contributed by atoms with van der Waals surface area (Å²) in [6, 6.07) is 58.2. The third kappa shape index (κ3) is 5.47. The van der Waals surface area contributed by atoms with Crippen LogP contribution in [0.5, 0.6) is 11.5 Å². The number of methoxy groups -OCH3 is 2. The van der Waals surface area contributed by atoms with Crippen molar-refractivity contribution >= 4 is 22.8 Å². The molecule has 0 saturated heterocycles. The van der Waals surface area contributed by atoms with Crippen LogP contribution in [0.3, 0.4) is 0 Å². The molecule has 1 N–H and O–H groups in total. The highest BCUT2D eigenvalue weighted by Gasteiger charge is 2.45. The minimum atomic E-state index is -0.493. The number of hydrogen-bond donors (Lipinski definition) is 1. The number of nitrogens with one attached hydrogen (secondary N) is 1. The van der Waals surface area contributed by atoms with Gasteiger partial charge in [-0.2, -0.15) is 0 Å². The zero-order valence-corrected chi connectivity index (χ0v) is 27.9. The molecule has 0 spiro atoms. The Kier molecular flexibility index (Phi) is 8.33. The summed E-state index contributed by atoms with van der Waals surface area (Å²) in [5.41, 5.74) is 9.84. The quantitative estimate of drug-likeness (QED) is 0.168. The summed E-state index contributed by atoms with van der Waals surface area (Å²) in [5, 5.41) is 0. The summed E-state index contributed by atoms with van der Waals surface area (Å²) in [7, 11) is 3.44. The molecule has 0 aliphatic carbocycles. The predicted molar refractivity (Wildman–Crippen MR) is 203 cm³/mol. The molecule has 2 heterocycles. The van der Waals surface area contributed by atoms with Crippen LogP contribution in [0.25, 0.3) is 33.9 Å². The number of nitrogens with zero attached hydrogens (tertiary/aromatic N) is 3. The molecule has 7 aromatic rings. The first kappa shape index (κ1) is 30.8. The van der Waals surface area contributed by atoms with Crippen LogP contribution in [0.1, 0.15) is 23.1 Å². The minimum absolute atomic E-state index is 0.493. The van der Waals surface area contributed by atoms with Crippen LogP contribution in [-0.2, 0) is 0 Å². The summed E-state index contributed by atoms with van der Waals surface area (Å²) in [6.45, 7) is 0. The van der Waals surface area contributed by atoms with Gasteiger partial charge in [-0.3, -0.25) is 0 Å². The number of anilines is 2. The lowest BCUT2D eigenvalue weighted by Gasteiger charge is -2.35. The molecule has 1 aliphatic rings. The Morgan fingerprint density at radius 3 is 1.28 bits per heavy atom. The van der Waals surface area contributed by atoms with Crippen molar-refractivity contribution in [3.05, 3.63) is 187 Å². The molecule has 0 saturated carbocycles. The van der Waals surface area contributed by atoms with Gasteiger partial charge < -0.3 is 24.3 Å². The SMILES string of the molecule is COc1ccccc1N1C(c2ccccc2)=C(c2ccccc2)N(c2ccccc2OC)C1c1nc(-c2ccccc2)c(-c2ccccc2)[nH]1. The molecule has 0 amide bonds. The molecule has 0 bridgehead atoms. The topological polar surface area (TPSA) is 53.6 Å². The molecule has 6 nitrogen and oxygen atoms in total. The summed E-state index contributed by atoms with van der Waals surface area (Å²) in [5.74, 6) is 2.26. The summed E-state index contributed by atoms with van der Waals surface area (Å²) < 4.78 is 12.2. The molecule has 6 heteroatoms. The molecule has 1 aliphatic heterocycles. The van der Waals surface area contributed by atoms with Crippen molar-refractivity contribution < 1.29 is 9.47 Å². The monoisotopic (exact) mass is 652 g/mol. The highest BCUT2D eigenvalue weighted by molar-refractivity contribution is 6.07. The van der Waals surface area contributed by atoms with Gasteiger partial charge in [0.2, 0.25) is 0 Å². The van der Waals surface area contributed by atoms with E-state index in [9.17, 15) is 0 Å². The second-order valence-electron chi connectivity index (χ2n) is 12.0. The maximum atomic E-state index is 6.08. The van der Waals surface area contributed by atoms with Crippen LogP contribution in [-0.4, -0.2) is 24.2 Å². The third-order valence-electron chi connectivity index (χ3n) is 9.06. The fraction of sp³-hybridized carbons (Fsp3) is 0.0682. The second kappa shape index (κ2) is 13.5. The van der Waals surface area contributed by atoms with Gasteiger partial charge in [0.1, 0.15) is 11.5 Å². The Labute approximate surface area is 292 Å². The average Bonchev–Trinajstić information content (AvgIpc) is 3.80. The molecule has 0 atom stereocenters. The van der Waals surface area contributed by atoms with Crippen LogP contribution in [0, 0.1) is 0 Å². The van der Waals surface area contributed by atoms with E-state index in [1.807, 2.05) is 36.4 Å². The first-order valence-corrected chi connectivity index (χ1v) is 16.7. The number of H-pyrrole nitrogens is 1.